The first-order valence-corrected chi connectivity index (χ1v) is 5.89. The Bertz CT molecular complexity index is 444. The van der Waals surface area contributed by atoms with Gasteiger partial charge in [0.15, 0.2) is 5.15 Å². The first-order chi connectivity index (χ1) is 8.02. The standard InChI is InChI=1S/C10H11Cl2N3O2/c1-5-8(9(11)14-10(12)13-5)15-3-6(4-16)2-7(15)17/h6,16H,2-4H2,1H3. The molecule has 1 aliphatic heterocycles. The summed E-state index contributed by atoms with van der Waals surface area (Å²) in [4.78, 5) is 21.1. The van der Waals surface area contributed by atoms with E-state index in [9.17, 15) is 4.79 Å². The summed E-state index contributed by atoms with van der Waals surface area (Å²) >= 11 is 11.7. The van der Waals surface area contributed by atoms with Crippen LogP contribution in [0.4, 0.5) is 5.69 Å². The van der Waals surface area contributed by atoms with Crippen molar-refractivity contribution in [1.82, 2.24) is 9.97 Å². The number of rotatable bonds is 2. The highest BCUT2D eigenvalue weighted by molar-refractivity contribution is 6.34. The molecule has 0 saturated carbocycles. The average Bonchev–Trinajstić information content (AvgIpc) is 2.59. The Balaban J connectivity index is 2.38. The number of halogens is 2. The van der Waals surface area contributed by atoms with Crippen molar-refractivity contribution in [3.05, 3.63) is 16.1 Å². The Morgan fingerprint density at radius 1 is 1.47 bits per heavy atom. The maximum atomic E-state index is 11.8. The second-order valence-corrected chi connectivity index (χ2v) is 4.67. The molecule has 1 amide bonds. The highest BCUT2D eigenvalue weighted by atomic mass is 35.5. The van der Waals surface area contributed by atoms with Crippen molar-refractivity contribution >= 4 is 34.8 Å². The Kier molecular flexibility index (Phi) is 3.51. The number of aryl methyl sites for hydroxylation is 1. The van der Waals surface area contributed by atoms with E-state index in [0.29, 0.717) is 24.3 Å². The summed E-state index contributed by atoms with van der Waals surface area (Å²) in [5.41, 5.74) is 1.04. The van der Waals surface area contributed by atoms with Crippen molar-refractivity contribution in [2.45, 2.75) is 13.3 Å². The van der Waals surface area contributed by atoms with Gasteiger partial charge in [-0.3, -0.25) is 4.79 Å². The minimum Gasteiger partial charge on any atom is -0.396 e. The molecule has 5 nitrogen and oxygen atoms in total. The van der Waals surface area contributed by atoms with Crippen molar-refractivity contribution < 1.29 is 9.90 Å². The van der Waals surface area contributed by atoms with Crippen LogP contribution in [0.15, 0.2) is 0 Å². The fourth-order valence-electron chi connectivity index (χ4n) is 1.93. The van der Waals surface area contributed by atoms with Crippen LogP contribution in [0.3, 0.4) is 0 Å². The zero-order valence-electron chi connectivity index (χ0n) is 9.15. The van der Waals surface area contributed by atoms with Crippen LogP contribution in [0.25, 0.3) is 0 Å². The predicted octanol–water partition coefficient (Wildman–Crippen LogP) is 1.44. The molecule has 2 rings (SSSR count). The van der Waals surface area contributed by atoms with E-state index in [4.69, 9.17) is 28.3 Å². The van der Waals surface area contributed by atoms with E-state index in [-0.39, 0.29) is 28.9 Å². The molecule has 92 valence electrons. The Morgan fingerprint density at radius 2 is 2.18 bits per heavy atom. The Hall–Kier alpha value is -0.910. The predicted molar refractivity (Wildman–Crippen MR) is 64.3 cm³/mol. The van der Waals surface area contributed by atoms with Crippen LogP contribution in [0.5, 0.6) is 0 Å². The van der Waals surface area contributed by atoms with E-state index in [1.54, 1.807) is 6.92 Å². The van der Waals surface area contributed by atoms with E-state index in [2.05, 4.69) is 9.97 Å². The topological polar surface area (TPSA) is 66.3 Å². The molecule has 1 aromatic heterocycles. The smallest absolute Gasteiger partial charge is 0.227 e. The van der Waals surface area contributed by atoms with E-state index in [1.165, 1.54) is 4.90 Å². The number of hydrogen-bond acceptors (Lipinski definition) is 4. The summed E-state index contributed by atoms with van der Waals surface area (Å²) in [6, 6.07) is 0. The van der Waals surface area contributed by atoms with Gasteiger partial charge in [0, 0.05) is 25.5 Å². The maximum Gasteiger partial charge on any atom is 0.227 e. The molecule has 0 aromatic carbocycles. The van der Waals surface area contributed by atoms with Gasteiger partial charge in [-0.25, -0.2) is 9.97 Å². The Morgan fingerprint density at radius 3 is 2.71 bits per heavy atom. The lowest BCUT2D eigenvalue weighted by molar-refractivity contribution is -0.117. The third-order valence-corrected chi connectivity index (χ3v) is 3.15. The van der Waals surface area contributed by atoms with Crippen LogP contribution in [0, 0.1) is 12.8 Å². The molecular formula is C10H11Cl2N3O2. The summed E-state index contributed by atoms with van der Waals surface area (Å²) in [5.74, 6) is -0.145. The zero-order valence-corrected chi connectivity index (χ0v) is 10.7. The largest absolute Gasteiger partial charge is 0.396 e. The minimum atomic E-state index is -0.0834. The first kappa shape index (κ1) is 12.5. The second-order valence-electron chi connectivity index (χ2n) is 3.97. The summed E-state index contributed by atoms with van der Waals surface area (Å²) in [6.45, 7) is 2.13. The number of hydrogen-bond donors (Lipinski definition) is 1. The fourth-order valence-corrected chi connectivity index (χ4v) is 2.50. The number of anilines is 1. The molecule has 1 aromatic rings. The van der Waals surface area contributed by atoms with Gasteiger partial charge in [-0.2, -0.15) is 0 Å². The van der Waals surface area contributed by atoms with Gasteiger partial charge in [0.2, 0.25) is 11.2 Å². The molecule has 0 radical (unpaired) electrons. The van der Waals surface area contributed by atoms with E-state index < -0.39 is 0 Å². The van der Waals surface area contributed by atoms with Gasteiger partial charge in [-0.1, -0.05) is 11.6 Å². The van der Waals surface area contributed by atoms with Gasteiger partial charge in [-0.15, -0.1) is 0 Å². The number of aromatic nitrogens is 2. The molecule has 1 aliphatic rings. The highest BCUT2D eigenvalue weighted by Crippen LogP contribution is 2.32. The molecule has 0 spiro atoms. The summed E-state index contributed by atoms with van der Waals surface area (Å²) < 4.78 is 0. The van der Waals surface area contributed by atoms with Crippen LogP contribution in [0.1, 0.15) is 12.1 Å². The lowest BCUT2D eigenvalue weighted by atomic mass is 10.1. The third-order valence-electron chi connectivity index (χ3n) is 2.72. The highest BCUT2D eigenvalue weighted by Gasteiger charge is 2.32. The molecule has 1 fully saturated rings. The number of aliphatic hydroxyl groups is 1. The second kappa shape index (κ2) is 4.76. The van der Waals surface area contributed by atoms with Crippen LogP contribution < -0.4 is 4.90 Å². The normalized spacial score (nSPS) is 20.1. The zero-order chi connectivity index (χ0) is 12.6. The fraction of sp³-hybridized carbons (Fsp3) is 0.500. The average molecular weight is 276 g/mol. The summed E-state index contributed by atoms with van der Waals surface area (Å²) in [7, 11) is 0. The van der Waals surface area contributed by atoms with Crippen molar-refractivity contribution in [3.63, 3.8) is 0 Å². The molecule has 7 heteroatoms. The SMILES string of the molecule is Cc1nc(Cl)nc(Cl)c1N1CC(CO)CC1=O. The Labute approximate surface area is 108 Å². The molecule has 0 aliphatic carbocycles. The van der Waals surface area contributed by atoms with Gasteiger partial charge in [-0.05, 0) is 18.5 Å². The van der Waals surface area contributed by atoms with Crippen molar-refractivity contribution in [2.24, 2.45) is 5.92 Å². The molecule has 0 bridgehead atoms. The van der Waals surface area contributed by atoms with Crippen molar-refractivity contribution in [3.8, 4) is 0 Å². The van der Waals surface area contributed by atoms with Crippen LogP contribution in [0.2, 0.25) is 10.4 Å². The lowest BCUT2D eigenvalue weighted by Crippen LogP contribution is -2.26. The quantitative estimate of drug-likeness (QED) is 0.655. The van der Waals surface area contributed by atoms with Crippen molar-refractivity contribution in [2.75, 3.05) is 18.1 Å². The van der Waals surface area contributed by atoms with Crippen LogP contribution in [-0.4, -0.2) is 34.1 Å². The van der Waals surface area contributed by atoms with E-state index in [0.717, 1.165) is 0 Å². The first-order valence-electron chi connectivity index (χ1n) is 5.13. The number of amides is 1. The van der Waals surface area contributed by atoms with Crippen LogP contribution >= 0.6 is 23.2 Å². The summed E-state index contributed by atoms with van der Waals surface area (Å²) in [6.07, 6.45) is 0.314. The van der Waals surface area contributed by atoms with Gasteiger partial charge in [0.1, 0.15) is 5.69 Å². The van der Waals surface area contributed by atoms with Gasteiger partial charge in [0.25, 0.3) is 0 Å². The molecule has 17 heavy (non-hydrogen) atoms. The molecule has 1 N–H and O–H groups in total. The minimum absolute atomic E-state index is 0.0205. The molecule has 1 atom stereocenters. The van der Waals surface area contributed by atoms with E-state index in [1.807, 2.05) is 0 Å². The van der Waals surface area contributed by atoms with Gasteiger partial charge in [0.05, 0.1) is 5.69 Å². The molecule has 1 unspecified atom stereocenters. The molecule has 1 saturated heterocycles. The number of aliphatic hydroxyl groups excluding tert-OH is 1. The monoisotopic (exact) mass is 275 g/mol. The van der Waals surface area contributed by atoms with Gasteiger partial charge >= 0.3 is 0 Å². The third kappa shape index (κ3) is 2.36. The number of carbonyl (C=O) groups is 1. The van der Waals surface area contributed by atoms with Gasteiger partial charge < -0.3 is 10.0 Å². The van der Waals surface area contributed by atoms with Crippen molar-refractivity contribution in [1.29, 1.82) is 0 Å². The summed E-state index contributed by atoms with van der Waals surface area (Å²) in [5, 5.41) is 9.29. The van der Waals surface area contributed by atoms with Crippen LogP contribution in [-0.2, 0) is 4.79 Å². The molecular weight excluding hydrogens is 265 g/mol. The number of carbonyl (C=O) groups excluding carboxylic acids is 1. The maximum absolute atomic E-state index is 11.8. The lowest BCUT2D eigenvalue weighted by Gasteiger charge is -2.19. The van der Waals surface area contributed by atoms with E-state index >= 15 is 0 Å². The number of nitrogens with zero attached hydrogens (tertiary/aromatic N) is 3. The molecule has 2 heterocycles.